The van der Waals surface area contributed by atoms with Gasteiger partial charge in [-0.2, -0.15) is 0 Å². The highest BCUT2D eigenvalue weighted by atomic mass is 16.5. The molecule has 0 bridgehead atoms. The number of nitrogens with zero attached hydrogens (tertiary/aromatic N) is 1. The number of methoxy groups -OCH3 is 1. The molecule has 2 aliphatic heterocycles. The normalized spacial score (nSPS) is 17.8. The van der Waals surface area contributed by atoms with Gasteiger partial charge in [-0.25, -0.2) is 4.79 Å². The number of benzene rings is 2. The van der Waals surface area contributed by atoms with Gasteiger partial charge in [0.05, 0.1) is 18.8 Å². The Morgan fingerprint density at radius 1 is 1.06 bits per heavy atom. The summed E-state index contributed by atoms with van der Waals surface area (Å²) in [6.45, 7) is 3.10. The van der Waals surface area contributed by atoms with E-state index in [-0.39, 0.29) is 12.0 Å². The maximum Gasteiger partial charge on any atom is 0.323 e. The van der Waals surface area contributed by atoms with Gasteiger partial charge in [0.2, 0.25) is 0 Å². The summed E-state index contributed by atoms with van der Waals surface area (Å²) < 4.78 is 10.8. The molecule has 0 saturated carbocycles. The molecule has 2 heterocycles. The number of anilines is 3. The number of nitrogens with one attached hydrogen (secondary N) is 3. The third-order valence-electron chi connectivity index (χ3n) is 5.79. The number of carbonyl (C=O) groups excluding carboxylic acids is 2. The summed E-state index contributed by atoms with van der Waals surface area (Å²) in [6.07, 6.45) is 4.29. The molecule has 2 aliphatic rings. The minimum absolute atomic E-state index is 0.0733. The molecule has 2 fully saturated rings. The molecule has 2 aromatic rings. The van der Waals surface area contributed by atoms with E-state index in [1.807, 2.05) is 18.2 Å². The van der Waals surface area contributed by atoms with E-state index in [0.717, 1.165) is 51.1 Å². The number of urea groups is 1. The third-order valence-corrected chi connectivity index (χ3v) is 5.79. The summed E-state index contributed by atoms with van der Waals surface area (Å²) in [4.78, 5) is 27.8. The molecule has 8 nitrogen and oxygen atoms in total. The monoisotopic (exact) mass is 438 g/mol. The second kappa shape index (κ2) is 10.4. The van der Waals surface area contributed by atoms with Gasteiger partial charge in [-0.05, 0) is 56.0 Å². The van der Waals surface area contributed by atoms with Crippen LogP contribution in [-0.4, -0.2) is 51.4 Å². The minimum atomic E-state index is -0.391. The zero-order valence-corrected chi connectivity index (χ0v) is 18.4. The van der Waals surface area contributed by atoms with Crippen LogP contribution in [0, 0.1) is 0 Å². The Balaban J connectivity index is 1.47. The molecular weight excluding hydrogens is 408 g/mol. The van der Waals surface area contributed by atoms with Crippen LogP contribution in [0.1, 0.15) is 36.0 Å². The molecule has 8 heteroatoms. The van der Waals surface area contributed by atoms with E-state index in [0.29, 0.717) is 29.2 Å². The quantitative estimate of drug-likeness (QED) is 0.611. The molecule has 3 amide bonds. The minimum Gasteiger partial charge on any atom is -0.497 e. The zero-order valence-electron chi connectivity index (χ0n) is 18.4. The SMILES string of the molecule is COc1cccc(NC(=O)Nc2ccc(N3CCCC3)c(C(=O)NCC3CCCO3)c2)c1. The van der Waals surface area contributed by atoms with E-state index in [1.54, 1.807) is 31.4 Å². The molecule has 2 saturated heterocycles. The largest absolute Gasteiger partial charge is 0.497 e. The molecule has 170 valence electrons. The molecule has 2 aromatic carbocycles. The van der Waals surface area contributed by atoms with Gasteiger partial charge >= 0.3 is 6.03 Å². The second-order valence-corrected chi connectivity index (χ2v) is 8.08. The number of hydrogen-bond donors (Lipinski definition) is 3. The van der Waals surface area contributed by atoms with Gasteiger partial charge in [0.25, 0.3) is 5.91 Å². The standard InChI is InChI=1S/C24H30N4O4/c1-31-19-7-4-6-17(14-19)26-24(30)27-18-9-10-22(28-11-2-3-12-28)21(15-18)23(29)25-16-20-8-5-13-32-20/h4,6-7,9-10,14-15,20H,2-3,5,8,11-13,16H2,1H3,(H,25,29)(H2,26,27,30). The first-order chi connectivity index (χ1) is 15.6. The van der Waals surface area contributed by atoms with Gasteiger partial charge in [-0.3, -0.25) is 4.79 Å². The molecule has 0 aromatic heterocycles. The smallest absolute Gasteiger partial charge is 0.323 e. The number of carbonyl (C=O) groups is 2. The molecular formula is C24H30N4O4. The highest BCUT2D eigenvalue weighted by Gasteiger charge is 2.22. The van der Waals surface area contributed by atoms with Crippen LogP contribution in [0.5, 0.6) is 5.75 Å². The zero-order chi connectivity index (χ0) is 22.3. The Bertz CT molecular complexity index is 953. The lowest BCUT2D eigenvalue weighted by atomic mass is 10.1. The predicted molar refractivity (Wildman–Crippen MR) is 125 cm³/mol. The fourth-order valence-corrected chi connectivity index (χ4v) is 4.13. The molecule has 4 rings (SSSR count). The Hall–Kier alpha value is -3.26. The van der Waals surface area contributed by atoms with Crippen LogP contribution in [0.2, 0.25) is 0 Å². The molecule has 0 radical (unpaired) electrons. The van der Waals surface area contributed by atoms with Crippen molar-refractivity contribution in [2.45, 2.75) is 31.8 Å². The maximum atomic E-state index is 13.0. The summed E-state index contributed by atoms with van der Waals surface area (Å²) in [7, 11) is 1.58. The first kappa shape index (κ1) is 22.0. The van der Waals surface area contributed by atoms with Crippen LogP contribution < -0.4 is 25.6 Å². The van der Waals surface area contributed by atoms with Gasteiger partial charge in [-0.1, -0.05) is 6.07 Å². The number of rotatable bonds is 7. The van der Waals surface area contributed by atoms with Crippen LogP contribution in [0.3, 0.4) is 0 Å². The van der Waals surface area contributed by atoms with Gasteiger partial charge in [0, 0.05) is 49.4 Å². The number of amides is 3. The van der Waals surface area contributed by atoms with Gasteiger partial charge in [0.1, 0.15) is 5.75 Å². The van der Waals surface area contributed by atoms with E-state index in [9.17, 15) is 9.59 Å². The third kappa shape index (κ3) is 5.50. The van der Waals surface area contributed by atoms with Crippen molar-refractivity contribution in [3.63, 3.8) is 0 Å². The van der Waals surface area contributed by atoms with E-state index in [4.69, 9.17) is 9.47 Å². The highest BCUT2D eigenvalue weighted by Crippen LogP contribution is 2.28. The van der Waals surface area contributed by atoms with E-state index in [2.05, 4.69) is 20.9 Å². The average Bonchev–Trinajstić information content (AvgIpc) is 3.52. The lowest BCUT2D eigenvalue weighted by Gasteiger charge is -2.22. The summed E-state index contributed by atoms with van der Waals surface area (Å²) >= 11 is 0. The topological polar surface area (TPSA) is 91.9 Å². The van der Waals surface area contributed by atoms with Crippen LogP contribution in [-0.2, 0) is 4.74 Å². The van der Waals surface area contributed by atoms with Crippen molar-refractivity contribution in [2.75, 3.05) is 48.9 Å². The Kier molecular flexibility index (Phi) is 7.11. The molecule has 32 heavy (non-hydrogen) atoms. The van der Waals surface area contributed by atoms with Crippen LogP contribution in [0.25, 0.3) is 0 Å². The van der Waals surface area contributed by atoms with Crippen LogP contribution in [0.4, 0.5) is 21.9 Å². The average molecular weight is 439 g/mol. The van der Waals surface area contributed by atoms with Crippen molar-refractivity contribution in [2.24, 2.45) is 0 Å². The molecule has 0 aliphatic carbocycles. The van der Waals surface area contributed by atoms with Crippen molar-refractivity contribution in [3.8, 4) is 5.75 Å². The Morgan fingerprint density at radius 3 is 2.56 bits per heavy atom. The number of ether oxygens (including phenoxy) is 2. The fraction of sp³-hybridized carbons (Fsp3) is 0.417. The lowest BCUT2D eigenvalue weighted by Crippen LogP contribution is -2.33. The molecule has 1 atom stereocenters. The van der Waals surface area contributed by atoms with Gasteiger partial charge < -0.3 is 30.3 Å². The van der Waals surface area contributed by atoms with E-state index >= 15 is 0 Å². The first-order valence-electron chi connectivity index (χ1n) is 11.1. The predicted octanol–water partition coefficient (Wildman–Crippen LogP) is 3.85. The lowest BCUT2D eigenvalue weighted by molar-refractivity contribution is 0.0858. The van der Waals surface area contributed by atoms with Crippen LogP contribution in [0.15, 0.2) is 42.5 Å². The van der Waals surface area contributed by atoms with E-state index < -0.39 is 6.03 Å². The van der Waals surface area contributed by atoms with Crippen LogP contribution >= 0.6 is 0 Å². The summed E-state index contributed by atoms with van der Waals surface area (Å²) in [5.74, 6) is 0.502. The fourth-order valence-electron chi connectivity index (χ4n) is 4.13. The Morgan fingerprint density at radius 2 is 1.84 bits per heavy atom. The second-order valence-electron chi connectivity index (χ2n) is 8.08. The van der Waals surface area contributed by atoms with Crippen molar-refractivity contribution < 1.29 is 19.1 Å². The van der Waals surface area contributed by atoms with Crippen molar-refractivity contribution in [1.29, 1.82) is 0 Å². The highest BCUT2D eigenvalue weighted by molar-refractivity contribution is 6.04. The van der Waals surface area contributed by atoms with Gasteiger partial charge in [0.15, 0.2) is 0 Å². The Labute approximate surface area is 188 Å². The summed E-state index contributed by atoms with van der Waals surface area (Å²) in [6, 6.07) is 12.2. The van der Waals surface area contributed by atoms with Crippen molar-refractivity contribution in [1.82, 2.24) is 5.32 Å². The van der Waals surface area contributed by atoms with E-state index in [1.165, 1.54) is 0 Å². The maximum absolute atomic E-state index is 13.0. The summed E-state index contributed by atoms with van der Waals surface area (Å²) in [5, 5.41) is 8.62. The molecule has 1 unspecified atom stereocenters. The summed E-state index contributed by atoms with van der Waals surface area (Å²) in [5.41, 5.74) is 2.62. The molecule has 3 N–H and O–H groups in total. The van der Waals surface area contributed by atoms with Gasteiger partial charge in [-0.15, -0.1) is 0 Å². The van der Waals surface area contributed by atoms with Crippen molar-refractivity contribution >= 4 is 29.0 Å². The molecule has 0 spiro atoms. The van der Waals surface area contributed by atoms with Crippen molar-refractivity contribution in [3.05, 3.63) is 48.0 Å². The first-order valence-corrected chi connectivity index (χ1v) is 11.1. The number of hydrogen-bond acceptors (Lipinski definition) is 5.